The number of aryl methyl sites for hydroxylation is 2. The first-order chi connectivity index (χ1) is 13.3. The van der Waals surface area contributed by atoms with Crippen molar-refractivity contribution in [2.24, 2.45) is 0 Å². The zero-order chi connectivity index (χ0) is 20.3. The fourth-order valence-corrected chi connectivity index (χ4v) is 2.95. The molecule has 0 saturated carbocycles. The van der Waals surface area contributed by atoms with E-state index in [1.807, 2.05) is 50.2 Å². The van der Waals surface area contributed by atoms with Gasteiger partial charge in [-0.15, -0.1) is 0 Å². The lowest BCUT2D eigenvalue weighted by atomic mass is 10.0. The molecule has 0 radical (unpaired) electrons. The van der Waals surface area contributed by atoms with Crippen molar-refractivity contribution in [3.8, 4) is 0 Å². The summed E-state index contributed by atoms with van der Waals surface area (Å²) in [7, 11) is 0. The highest BCUT2D eigenvalue weighted by Crippen LogP contribution is 2.35. The molecule has 0 atom stereocenters. The highest BCUT2D eigenvalue weighted by molar-refractivity contribution is 6.06. The lowest BCUT2D eigenvalue weighted by Gasteiger charge is -2.19. The Morgan fingerprint density at radius 2 is 1.07 bits per heavy atom. The monoisotopic (exact) mass is 376 g/mol. The van der Waals surface area contributed by atoms with Crippen LogP contribution >= 0.6 is 0 Å². The number of aromatic carboxylic acids is 2. The maximum Gasteiger partial charge on any atom is 0.337 e. The van der Waals surface area contributed by atoms with Crippen LogP contribution in [0.25, 0.3) is 0 Å². The zero-order valence-corrected chi connectivity index (χ0v) is 15.5. The van der Waals surface area contributed by atoms with Gasteiger partial charge in [0.05, 0.1) is 22.5 Å². The molecule has 0 aliphatic heterocycles. The van der Waals surface area contributed by atoms with Gasteiger partial charge in [0.25, 0.3) is 0 Å². The van der Waals surface area contributed by atoms with Crippen molar-refractivity contribution in [3.63, 3.8) is 0 Å². The van der Waals surface area contributed by atoms with Crippen molar-refractivity contribution < 1.29 is 19.8 Å². The second kappa shape index (κ2) is 7.84. The van der Waals surface area contributed by atoms with Crippen molar-refractivity contribution in [1.82, 2.24) is 0 Å². The third kappa shape index (κ3) is 4.12. The summed E-state index contributed by atoms with van der Waals surface area (Å²) in [5.74, 6) is -2.31. The Balaban J connectivity index is 2.19. The predicted octanol–water partition coefficient (Wildman–Crippen LogP) is 5.19. The van der Waals surface area contributed by atoms with E-state index in [2.05, 4.69) is 10.6 Å². The van der Waals surface area contributed by atoms with E-state index in [-0.39, 0.29) is 22.5 Å². The molecule has 3 aromatic rings. The molecule has 0 unspecified atom stereocenters. The number of carboxylic acids is 2. The average molecular weight is 376 g/mol. The van der Waals surface area contributed by atoms with E-state index in [9.17, 15) is 19.8 Å². The molecule has 142 valence electrons. The van der Waals surface area contributed by atoms with E-state index in [1.165, 1.54) is 12.1 Å². The van der Waals surface area contributed by atoms with Gasteiger partial charge in [-0.25, -0.2) is 9.59 Å². The van der Waals surface area contributed by atoms with Crippen LogP contribution in [0.1, 0.15) is 31.8 Å². The van der Waals surface area contributed by atoms with Crippen LogP contribution in [0.5, 0.6) is 0 Å². The summed E-state index contributed by atoms with van der Waals surface area (Å²) in [6.07, 6.45) is 0. The predicted molar refractivity (Wildman–Crippen MR) is 109 cm³/mol. The standard InChI is InChI=1S/C22H20N2O4/c1-13-5-3-7-15(11-13)23-19-17(21(25)26)9-10-18(22(27)28)20(19)24-16-8-4-6-14(2)12-16/h3-12,23-24H,1-2H3,(H,25,26)(H,27,28). The molecule has 0 aliphatic rings. The van der Waals surface area contributed by atoms with Crippen LogP contribution in [0.4, 0.5) is 22.7 Å². The van der Waals surface area contributed by atoms with Crippen LogP contribution in [0, 0.1) is 13.8 Å². The number of hydrogen-bond donors (Lipinski definition) is 4. The summed E-state index contributed by atoms with van der Waals surface area (Å²) < 4.78 is 0. The molecular formula is C22H20N2O4. The van der Waals surface area contributed by atoms with Gasteiger partial charge in [0, 0.05) is 11.4 Å². The second-order valence-corrected chi connectivity index (χ2v) is 6.51. The Bertz CT molecular complexity index is 976. The van der Waals surface area contributed by atoms with E-state index in [0.29, 0.717) is 11.4 Å². The highest BCUT2D eigenvalue weighted by atomic mass is 16.4. The number of benzene rings is 3. The third-order valence-electron chi connectivity index (χ3n) is 4.24. The van der Waals surface area contributed by atoms with Gasteiger partial charge >= 0.3 is 11.9 Å². The minimum Gasteiger partial charge on any atom is -0.478 e. The second-order valence-electron chi connectivity index (χ2n) is 6.51. The lowest BCUT2D eigenvalue weighted by molar-refractivity contribution is 0.0683. The molecule has 0 aliphatic carbocycles. The molecule has 6 nitrogen and oxygen atoms in total. The number of carbonyl (C=O) groups is 2. The van der Waals surface area contributed by atoms with Gasteiger partial charge in [0.2, 0.25) is 0 Å². The summed E-state index contributed by atoms with van der Waals surface area (Å²) in [5, 5.41) is 25.5. The third-order valence-corrected chi connectivity index (χ3v) is 4.24. The molecule has 0 amide bonds. The number of carboxylic acid groups (broad SMARTS) is 2. The summed E-state index contributed by atoms with van der Waals surface area (Å²) in [4.78, 5) is 23.6. The van der Waals surface area contributed by atoms with E-state index >= 15 is 0 Å². The average Bonchev–Trinajstić information content (AvgIpc) is 2.62. The summed E-state index contributed by atoms with van der Waals surface area (Å²) in [5.41, 5.74) is 3.64. The first kappa shape index (κ1) is 19.0. The van der Waals surface area contributed by atoms with Gasteiger partial charge < -0.3 is 20.8 Å². The first-order valence-corrected chi connectivity index (χ1v) is 8.66. The zero-order valence-electron chi connectivity index (χ0n) is 15.5. The number of rotatable bonds is 6. The van der Waals surface area contributed by atoms with Gasteiger partial charge in [-0.05, 0) is 61.4 Å². The first-order valence-electron chi connectivity index (χ1n) is 8.66. The largest absolute Gasteiger partial charge is 0.478 e. The Morgan fingerprint density at radius 1 is 0.679 bits per heavy atom. The topological polar surface area (TPSA) is 98.7 Å². The number of anilines is 4. The molecule has 28 heavy (non-hydrogen) atoms. The van der Waals surface area contributed by atoms with Crippen LogP contribution < -0.4 is 10.6 Å². The summed E-state index contributed by atoms with van der Waals surface area (Å²) in [6, 6.07) is 17.4. The number of nitrogens with one attached hydrogen (secondary N) is 2. The van der Waals surface area contributed by atoms with Crippen molar-refractivity contribution in [3.05, 3.63) is 82.9 Å². The van der Waals surface area contributed by atoms with E-state index < -0.39 is 11.9 Å². The van der Waals surface area contributed by atoms with Gasteiger partial charge in [0.1, 0.15) is 0 Å². The molecule has 0 fully saturated rings. The number of hydrogen-bond acceptors (Lipinski definition) is 4. The molecule has 6 heteroatoms. The van der Waals surface area contributed by atoms with Gasteiger partial charge in [-0.2, -0.15) is 0 Å². The fourth-order valence-electron chi connectivity index (χ4n) is 2.95. The van der Waals surface area contributed by atoms with Gasteiger partial charge in [-0.1, -0.05) is 24.3 Å². The minimum atomic E-state index is -1.15. The summed E-state index contributed by atoms with van der Waals surface area (Å²) in [6.45, 7) is 3.84. The SMILES string of the molecule is Cc1cccc(Nc2c(C(=O)O)ccc(C(=O)O)c2Nc2cccc(C)c2)c1. The molecule has 0 aromatic heterocycles. The highest BCUT2D eigenvalue weighted by Gasteiger charge is 2.21. The molecule has 4 N–H and O–H groups in total. The van der Waals surface area contributed by atoms with Gasteiger partial charge in [0.15, 0.2) is 0 Å². The van der Waals surface area contributed by atoms with Crippen molar-refractivity contribution in [2.45, 2.75) is 13.8 Å². The molecule has 0 bridgehead atoms. The minimum absolute atomic E-state index is 0.0262. The van der Waals surface area contributed by atoms with E-state index in [4.69, 9.17) is 0 Å². The van der Waals surface area contributed by atoms with Crippen LogP contribution in [-0.4, -0.2) is 22.2 Å². The molecule has 0 saturated heterocycles. The van der Waals surface area contributed by atoms with Crippen LogP contribution in [0.3, 0.4) is 0 Å². The molecular weight excluding hydrogens is 356 g/mol. The molecule has 3 rings (SSSR count). The normalized spacial score (nSPS) is 10.4. The Morgan fingerprint density at radius 3 is 1.39 bits per heavy atom. The van der Waals surface area contributed by atoms with Gasteiger partial charge in [-0.3, -0.25) is 0 Å². The van der Waals surface area contributed by atoms with Crippen molar-refractivity contribution >= 4 is 34.7 Å². The van der Waals surface area contributed by atoms with Crippen LogP contribution in [0.2, 0.25) is 0 Å². The van der Waals surface area contributed by atoms with Crippen LogP contribution in [-0.2, 0) is 0 Å². The maximum absolute atomic E-state index is 11.8. The van der Waals surface area contributed by atoms with Crippen molar-refractivity contribution in [1.29, 1.82) is 0 Å². The maximum atomic E-state index is 11.8. The van der Waals surface area contributed by atoms with Crippen LogP contribution in [0.15, 0.2) is 60.7 Å². The Labute approximate surface area is 162 Å². The summed E-state index contributed by atoms with van der Waals surface area (Å²) >= 11 is 0. The molecule has 0 heterocycles. The Hall–Kier alpha value is -3.80. The molecule has 0 spiro atoms. The van der Waals surface area contributed by atoms with Crippen molar-refractivity contribution in [2.75, 3.05) is 10.6 Å². The molecule has 3 aromatic carbocycles. The van der Waals surface area contributed by atoms with E-state index in [1.54, 1.807) is 12.1 Å². The van der Waals surface area contributed by atoms with E-state index in [0.717, 1.165) is 11.1 Å². The quantitative estimate of drug-likeness (QED) is 0.473. The Kier molecular flexibility index (Phi) is 5.31. The smallest absolute Gasteiger partial charge is 0.337 e. The fraction of sp³-hybridized carbons (Fsp3) is 0.0909. The lowest BCUT2D eigenvalue weighted by Crippen LogP contribution is -2.11.